The van der Waals surface area contributed by atoms with Crippen molar-refractivity contribution in [3.8, 4) is 0 Å². The highest BCUT2D eigenvalue weighted by Crippen LogP contribution is 2.29. The molecule has 1 aliphatic rings. The van der Waals surface area contributed by atoms with Gasteiger partial charge in [0.15, 0.2) is 0 Å². The van der Waals surface area contributed by atoms with E-state index >= 15 is 0 Å². The van der Waals surface area contributed by atoms with Crippen LogP contribution in [-0.4, -0.2) is 4.83 Å². The van der Waals surface area contributed by atoms with Crippen LogP contribution in [0.1, 0.15) is 26.2 Å². The molecular weight excluding hydrogens is 152 g/mol. The van der Waals surface area contributed by atoms with Gasteiger partial charge in [0.05, 0.1) is 0 Å². The van der Waals surface area contributed by atoms with Crippen molar-refractivity contribution in [3.05, 3.63) is 0 Å². The van der Waals surface area contributed by atoms with Crippen LogP contribution < -0.4 is 0 Å². The van der Waals surface area contributed by atoms with Crippen LogP contribution in [-0.2, 0) is 0 Å². The number of rotatable bonds is 0. The number of halogens is 1. The fourth-order valence-corrected chi connectivity index (χ4v) is 2.04. The van der Waals surface area contributed by atoms with Crippen LogP contribution in [0.2, 0.25) is 0 Å². The quantitative estimate of drug-likeness (QED) is 0.481. The molecule has 1 aliphatic carbocycles. The number of hydrogen-bond acceptors (Lipinski definition) is 0. The van der Waals surface area contributed by atoms with Gasteiger partial charge in [0.1, 0.15) is 0 Å². The lowest BCUT2D eigenvalue weighted by Gasteiger charge is -1.94. The second-order valence-electron chi connectivity index (χ2n) is 2.52. The van der Waals surface area contributed by atoms with Gasteiger partial charge >= 0.3 is 0 Å². The largest absolute Gasteiger partial charge is 0.0891 e. The molecule has 0 aromatic heterocycles. The first kappa shape index (κ1) is 5.61. The first-order chi connectivity index (χ1) is 3.29. The summed E-state index contributed by atoms with van der Waals surface area (Å²) in [7, 11) is 0. The third-order valence-electron chi connectivity index (χ3n) is 1.63. The van der Waals surface area contributed by atoms with Crippen molar-refractivity contribution >= 4 is 15.9 Å². The van der Waals surface area contributed by atoms with Crippen molar-refractivity contribution < 1.29 is 0 Å². The van der Waals surface area contributed by atoms with Crippen molar-refractivity contribution in [2.75, 3.05) is 0 Å². The molecule has 0 aromatic carbocycles. The minimum absolute atomic E-state index is 0.836. The minimum atomic E-state index is 0.836. The Morgan fingerprint density at radius 1 is 1.43 bits per heavy atom. The van der Waals surface area contributed by atoms with E-state index in [2.05, 4.69) is 22.9 Å². The van der Waals surface area contributed by atoms with E-state index in [4.69, 9.17) is 0 Å². The molecular formula is C6H11Br. The maximum absolute atomic E-state index is 3.58. The van der Waals surface area contributed by atoms with E-state index in [0.717, 1.165) is 10.7 Å². The summed E-state index contributed by atoms with van der Waals surface area (Å²) in [5, 5.41) is 0. The van der Waals surface area contributed by atoms with Gasteiger partial charge in [-0.15, -0.1) is 0 Å². The normalized spacial score (nSPS) is 42.0. The molecule has 0 aliphatic heterocycles. The lowest BCUT2D eigenvalue weighted by Crippen LogP contribution is -1.87. The zero-order valence-corrected chi connectivity index (χ0v) is 6.24. The van der Waals surface area contributed by atoms with E-state index < -0.39 is 0 Å². The maximum atomic E-state index is 3.58. The molecule has 0 nitrogen and oxygen atoms in total. The second-order valence-corrected chi connectivity index (χ2v) is 3.81. The first-order valence-corrected chi connectivity index (χ1v) is 3.84. The third-order valence-corrected chi connectivity index (χ3v) is 2.46. The number of hydrogen-bond donors (Lipinski definition) is 0. The summed E-state index contributed by atoms with van der Waals surface area (Å²) in [6, 6.07) is 0. The highest BCUT2D eigenvalue weighted by atomic mass is 79.9. The van der Waals surface area contributed by atoms with E-state index in [1.165, 1.54) is 19.3 Å². The van der Waals surface area contributed by atoms with Gasteiger partial charge in [0.2, 0.25) is 0 Å². The van der Waals surface area contributed by atoms with Gasteiger partial charge in [-0.05, 0) is 25.2 Å². The van der Waals surface area contributed by atoms with E-state index in [-0.39, 0.29) is 0 Å². The molecule has 0 bridgehead atoms. The van der Waals surface area contributed by atoms with Crippen LogP contribution >= 0.6 is 15.9 Å². The van der Waals surface area contributed by atoms with Gasteiger partial charge in [-0.3, -0.25) is 0 Å². The van der Waals surface area contributed by atoms with Crippen LogP contribution in [0.5, 0.6) is 0 Å². The molecule has 0 spiro atoms. The van der Waals surface area contributed by atoms with Crippen LogP contribution in [0, 0.1) is 5.92 Å². The Kier molecular flexibility index (Phi) is 1.74. The summed E-state index contributed by atoms with van der Waals surface area (Å²) in [6.45, 7) is 2.32. The molecule has 1 fully saturated rings. The minimum Gasteiger partial charge on any atom is -0.0891 e. The average molecular weight is 163 g/mol. The summed E-state index contributed by atoms with van der Waals surface area (Å²) in [6.07, 6.45) is 4.21. The van der Waals surface area contributed by atoms with E-state index in [1.54, 1.807) is 0 Å². The van der Waals surface area contributed by atoms with E-state index in [9.17, 15) is 0 Å². The Balaban J connectivity index is 2.26. The first-order valence-electron chi connectivity index (χ1n) is 2.93. The predicted molar refractivity (Wildman–Crippen MR) is 35.7 cm³/mol. The van der Waals surface area contributed by atoms with Crippen LogP contribution in [0.4, 0.5) is 0 Å². The third kappa shape index (κ3) is 1.45. The lowest BCUT2D eigenvalue weighted by molar-refractivity contribution is 0.614. The zero-order valence-electron chi connectivity index (χ0n) is 4.65. The monoisotopic (exact) mass is 162 g/mol. The summed E-state index contributed by atoms with van der Waals surface area (Å²) >= 11 is 3.58. The van der Waals surface area contributed by atoms with Gasteiger partial charge in [0.25, 0.3) is 0 Å². The van der Waals surface area contributed by atoms with Crippen molar-refractivity contribution in [3.63, 3.8) is 0 Å². The van der Waals surface area contributed by atoms with E-state index in [1.807, 2.05) is 0 Å². The molecule has 7 heavy (non-hydrogen) atoms. The van der Waals surface area contributed by atoms with Gasteiger partial charge < -0.3 is 0 Å². The topological polar surface area (TPSA) is 0 Å². The fourth-order valence-electron chi connectivity index (χ4n) is 1.14. The van der Waals surface area contributed by atoms with Gasteiger partial charge in [-0.1, -0.05) is 22.9 Å². The van der Waals surface area contributed by atoms with Crippen molar-refractivity contribution in [1.29, 1.82) is 0 Å². The summed E-state index contributed by atoms with van der Waals surface area (Å²) in [4.78, 5) is 0.836. The van der Waals surface area contributed by atoms with Crippen LogP contribution in [0.25, 0.3) is 0 Å². The summed E-state index contributed by atoms with van der Waals surface area (Å²) < 4.78 is 0. The van der Waals surface area contributed by atoms with Crippen molar-refractivity contribution in [2.24, 2.45) is 5.92 Å². The Morgan fingerprint density at radius 2 is 2.14 bits per heavy atom. The molecule has 1 heteroatoms. The molecule has 42 valence electrons. The molecule has 0 amide bonds. The van der Waals surface area contributed by atoms with Gasteiger partial charge in [0, 0.05) is 4.83 Å². The molecule has 1 rings (SSSR count). The molecule has 1 saturated carbocycles. The lowest BCUT2D eigenvalue weighted by atomic mass is 10.2. The van der Waals surface area contributed by atoms with Crippen LogP contribution in [0.3, 0.4) is 0 Å². The van der Waals surface area contributed by atoms with Crippen molar-refractivity contribution in [1.82, 2.24) is 0 Å². The highest BCUT2D eigenvalue weighted by Gasteiger charge is 2.17. The van der Waals surface area contributed by atoms with Gasteiger partial charge in [-0.2, -0.15) is 0 Å². The SMILES string of the molecule is C[C@@H]1CC[C@@H](Br)C1. The molecule has 0 saturated heterocycles. The molecule has 0 radical (unpaired) electrons. The Hall–Kier alpha value is 0.480. The predicted octanol–water partition coefficient (Wildman–Crippen LogP) is 2.57. The Bertz CT molecular complexity index is 53.2. The summed E-state index contributed by atoms with van der Waals surface area (Å²) in [5.41, 5.74) is 0. The van der Waals surface area contributed by atoms with Crippen LogP contribution in [0.15, 0.2) is 0 Å². The molecule has 0 N–H and O–H groups in total. The average Bonchev–Trinajstić information content (AvgIpc) is 1.87. The van der Waals surface area contributed by atoms with Crippen molar-refractivity contribution in [2.45, 2.75) is 31.0 Å². The smallest absolute Gasteiger partial charge is 0.0148 e. The standard InChI is InChI=1S/C6H11Br/c1-5-2-3-6(7)4-5/h5-6H,2-4H2,1H3/t5-,6-/m1/s1. The number of alkyl halides is 1. The van der Waals surface area contributed by atoms with E-state index in [0.29, 0.717) is 0 Å². The molecule has 0 unspecified atom stereocenters. The molecule has 0 heterocycles. The highest BCUT2D eigenvalue weighted by molar-refractivity contribution is 9.09. The fraction of sp³-hybridized carbons (Fsp3) is 1.00. The summed E-state index contributed by atoms with van der Waals surface area (Å²) in [5.74, 6) is 0.976. The molecule has 2 atom stereocenters. The second kappa shape index (κ2) is 2.17. The maximum Gasteiger partial charge on any atom is 0.0148 e. The Morgan fingerprint density at radius 3 is 2.29 bits per heavy atom. The zero-order chi connectivity index (χ0) is 5.28. The molecule has 0 aromatic rings. The van der Waals surface area contributed by atoms with Gasteiger partial charge in [-0.25, -0.2) is 0 Å². The Labute approximate surface area is 53.4 Å².